The molecule has 1 atom stereocenters. The van der Waals surface area contributed by atoms with Crippen molar-refractivity contribution in [2.45, 2.75) is 20.0 Å². The Kier molecular flexibility index (Phi) is 4.31. The van der Waals surface area contributed by atoms with Crippen LogP contribution in [0.2, 0.25) is 0 Å². The highest BCUT2D eigenvalue weighted by molar-refractivity contribution is 5.69. The standard InChI is InChI=1S/C12H16O3/c1-9(12(13)14)6-10-4-3-5-11(7-10)8-15-2/h3-5,7,9H,6,8H2,1-2H3,(H,13,14). The summed E-state index contributed by atoms with van der Waals surface area (Å²) in [6, 6.07) is 7.83. The summed E-state index contributed by atoms with van der Waals surface area (Å²) in [5.41, 5.74) is 2.12. The molecule has 0 bridgehead atoms. The maximum Gasteiger partial charge on any atom is 0.306 e. The third-order valence-electron chi connectivity index (χ3n) is 2.27. The van der Waals surface area contributed by atoms with Crippen LogP contribution in [0.25, 0.3) is 0 Å². The van der Waals surface area contributed by atoms with Gasteiger partial charge in [0.05, 0.1) is 12.5 Å². The fourth-order valence-corrected chi connectivity index (χ4v) is 1.45. The number of carboxylic acid groups (broad SMARTS) is 1. The third kappa shape index (κ3) is 3.72. The summed E-state index contributed by atoms with van der Waals surface area (Å²) in [5.74, 6) is -1.10. The summed E-state index contributed by atoms with van der Waals surface area (Å²) < 4.78 is 5.02. The SMILES string of the molecule is COCc1cccc(CC(C)C(=O)O)c1. The van der Waals surface area contributed by atoms with E-state index in [0.29, 0.717) is 13.0 Å². The Morgan fingerprint density at radius 1 is 1.47 bits per heavy atom. The number of methoxy groups -OCH3 is 1. The lowest BCUT2D eigenvalue weighted by Gasteiger charge is -2.07. The zero-order chi connectivity index (χ0) is 11.3. The van der Waals surface area contributed by atoms with Crippen LogP contribution in [0, 0.1) is 5.92 Å². The second kappa shape index (κ2) is 5.51. The summed E-state index contributed by atoms with van der Waals surface area (Å²) in [5, 5.41) is 8.79. The van der Waals surface area contributed by atoms with Crippen molar-refractivity contribution in [1.29, 1.82) is 0 Å². The molecule has 82 valence electrons. The van der Waals surface area contributed by atoms with Gasteiger partial charge in [0.15, 0.2) is 0 Å². The molecule has 1 rings (SSSR count). The fourth-order valence-electron chi connectivity index (χ4n) is 1.45. The van der Waals surface area contributed by atoms with Crippen LogP contribution in [-0.4, -0.2) is 18.2 Å². The first-order chi connectivity index (χ1) is 7.13. The number of hydrogen-bond donors (Lipinski definition) is 1. The molecule has 0 fully saturated rings. The monoisotopic (exact) mass is 208 g/mol. The minimum atomic E-state index is -0.757. The second-order valence-corrected chi connectivity index (χ2v) is 3.70. The first-order valence-corrected chi connectivity index (χ1v) is 4.93. The van der Waals surface area contributed by atoms with Gasteiger partial charge in [0.1, 0.15) is 0 Å². The van der Waals surface area contributed by atoms with E-state index in [9.17, 15) is 4.79 Å². The number of carboxylic acids is 1. The van der Waals surface area contributed by atoms with Gasteiger partial charge in [-0.05, 0) is 17.5 Å². The summed E-state index contributed by atoms with van der Waals surface area (Å²) in [6.07, 6.45) is 0.562. The van der Waals surface area contributed by atoms with Crippen LogP contribution < -0.4 is 0 Å². The number of aliphatic carboxylic acids is 1. The van der Waals surface area contributed by atoms with Gasteiger partial charge in [0.25, 0.3) is 0 Å². The molecule has 15 heavy (non-hydrogen) atoms. The molecule has 0 amide bonds. The molecule has 0 aliphatic heterocycles. The van der Waals surface area contributed by atoms with E-state index < -0.39 is 5.97 Å². The number of hydrogen-bond acceptors (Lipinski definition) is 2. The van der Waals surface area contributed by atoms with E-state index in [-0.39, 0.29) is 5.92 Å². The predicted molar refractivity (Wildman–Crippen MR) is 57.7 cm³/mol. The fraction of sp³-hybridized carbons (Fsp3) is 0.417. The predicted octanol–water partition coefficient (Wildman–Crippen LogP) is 2.10. The summed E-state index contributed by atoms with van der Waals surface area (Å²) in [4.78, 5) is 10.7. The highest BCUT2D eigenvalue weighted by atomic mass is 16.5. The quantitative estimate of drug-likeness (QED) is 0.806. The molecule has 0 heterocycles. The minimum absolute atomic E-state index is 0.345. The van der Waals surface area contributed by atoms with Crippen molar-refractivity contribution in [3.05, 3.63) is 35.4 Å². The van der Waals surface area contributed by atoms with Crippen LogP contribution in [0.1, 0.15) is 18.1 Å². The molecule has 3 heteroatoms. The van der Waals surface area contributed by atoms with Gasteiger partial charge in [0.2, 0.25) is 0 Å². The Morgan fingerprint density at radius 3 is 2.73 bits per heavy atom. The molecule has 1 unspecified atom stereocenters. The van der Waals surface area contributed by atoms with Crippen LogP contribution >= 0.6 is 0 Å². The molecule has 0 saturated heterocycles. The van der Waals surface area contributed by atoms with E-state index in [1.165, 1.54) is 0 Å². The van der Waals surface area contributed by atoms with Crippen molar-refractivity contribution >= 4 is 5.97 Å². The Balaban J connectivity index is 2.68. The second-order valence-electron chi connectivity index (χ2n) is 3.70. The normalized spacial score (nSPS) is 12.4. The van der Waals surface area contributed by atoms with Gasteiger partial charge in [-0.15, -0.1) is 0 Å². The highest BCUT2D eigenvalue weighted by Gasteiger charge is 2.11. The van der Waals surface area contributed by atoms with Crippen LogP contribution in [0.5, 0.6) is 0 Å². The average molecular weight is 208 g/mol. The molecule has 1 N–H and O–H groups in total. The van der Waals surface area contributed by atoms with Crippen molar-refractivity contribution in [3.8, 4) is 0 Å². The Morgan fingerprint density at radius 2 is 2.13 bits per heavy atom. The van der Waals surface area contributed by atoms with Gasteiger partial charge < -0.3 is 9.84 Å². The lowest BCUT2D eigenvalue weighted by molar-refractivity contribution is -0.141. The smallest absolute Gasteiger partial charge is 0.306 e. The Bertz CT molecular complexity index is 333. The van der Waals surface area contributed by atoms with Crippen molar-refractivity contribution < 1.29 is 14.6 Å². The van der Waals surface area contributed by atoms with Gasteiger partial charge in [-0.25, -0.2) is 0 Å². The lowest BCUT2D eigenvalue weighted by Crippen LogP contribution is -2.12. The molecule has 1 aromatic rings. The zero-order valence-corrected chi connectivity index (χ0v) is 9.06. The average Bonchev–Trinajstić information content (AvgIpc) is 2.18. The molecule has 3 nitrogen and oxygen atoms in total. The minimum Gasteiger partial charge on any atom is -0.481 e. The molecule has 0 aliphatic rings. The van der Waals surface area contributed by atoms with Crippen molar-refractivity contribution in [1.82, 2.24) is 0 Å². The van der Waals surface area contributed by atoms with Crippen LogP contribution in [0.3, 0.4) is 0 Å². The maximum absolute atomic E-state index is 10.7. The van der Waals surface area contributed by atoms with Gasteiger partial charge in [-0.1, -0.05) is 31.2 Å². The summed E-state index contributed by atoms with van der Waals surface area (Å²) in [7, 11) is 1.65. The molecule has 0 spiro atoms. The number of rotatable bonds is 5. The first-order valence-electron chi connectivity index (χ1n) is 4.93. The summed E-state index contributed by atoms with van der Waals surface area (Å²) in [6.45, 7) is 2.28. The van der Waals surface area contributed by atoms with Crippen LogP contribution in [0.4, 0.5) is 0 Å². The van der Waals surface area contributed by atoms with Crippen LogP contribution in [-0.2, 0) is 22.6 Å². The third-order valence-corrected chi connectivity index (χ3v) is 2.27. The molecular formula is C12H16O3. The van der Waals surface area contributed by atoms with Gasteiger partial charge in [0, 0.05) is 7.11 Å². The highest BCUT2D eigenvalue weighted by Crippen LogP contribution is 2.11. The number of carbonyl (C=O) groups is 1. The van der Waals surface area contributed by atoms with Gasteiger partial charge in [-0.3, -0.25) is 4.79 Å². The number of benzene rings is 1. The van der Waals surface area contributed by atoms with Crippen LogP contribution in [0.15, 0.2) is 24.3 Å². The Labute approximate surface area is 89.7 Å². The molecule has 1 aromatic carbocycles. The van der Waals surface area contributed by atoms with E-state index in [2.05, 4.69) is 0 Å². The number of ether oxygens (including phenoxy) is 1. The summed E-state index contributed by atoms with van der Waals surface area (Å²) >= 11 is 0. The largest absolute Gasteiger partial charge is 0.481 e. The topological polar surface area (TPSA) is 46.5 Å². The molecule has 0 aliphatic carbocycles. The maximum atomic E-state index is 10.7. The van der Waals surface area contributed by atoms with Crippen molar-refractivity contribution in [2.24, 2.45) is 5.92 Å². The van der Waals surface area contributed by atoms with Gasteiger partial charge in [-0.2, -0.15) is 0 Å². The molecule has 0 aromatic heterocycles. The molecule has 0 radical (unpaired) electrons. The molecule has 0 saturated carbocycles. The first kappa shape index (κ1) is 11.7. The van der Waals surface area contributed by atoms with E-state index in [1.54, 1.807) is 14.0 Å². The molecular weight excluding hydrogens is 192 g/mol. The van der Waals surface area contributed by atoms with Gasteiger partial charge >= 0.3 is 5.97 Å². The van der Waals surface area contributed by atoms with E-state index in [1.807, 2.05) is 24.3 Å². The lowest BCUT2D eigenvalue weighted by atomic mass is 10.00. The Hall–Kier alpha value is -1.35. The van der Waals surface area contributed by atoms with E-state index in [0.717, 1.165) is 11.1 Å². The zero-order valence-electron chi connectivity index (χ0n) is 9.06. The van der Waals surface area contributed by atoms with Crippen molar-refractivity contribution in [3.63, 3.8) is 0 Å². The van der Waals surface area contributed by atoms with Crippen molar-refractivity contribution in [2.75, 3.05) is 7.11 Å². The van der Waals surface area contributed by atoms with E-state index in [4.69, 9.17) is 9.84 Å². The van der Waals surface area contributed by atoms with E-state index >= 15 is 0 Å².